The second kappa shape index (κ2) is 3.71. The molecule has 2 atom stereocenters. The van der Waals surface area contributed by atoms with Crippen molar-refractivity contribution in [3.05, 3.63) is 0 Å². The standard InChI is InChI=1S/C14H27NO/c1-11-7-12(2,3)9-14(16,8-11)13(10-15)5-4-6-13/h11,16H,4-10,15H2,1-3H3. The summed E-state index contributed by atoms with van der Waals surface area (Å²) >= 11 is 0. The Balaban J connectivity index is 2.23. The predicted molar refractivity (Wildman–Crippen MR) is 67.1 cm³/mol. The van der Waals surface area contributed by atoms with Gasteiger partial charge in [0, 0.05) is 12.0 Å². The van der Waals surface area contributed by atoms with Crippen LogP contribution in [0.2, 0.25) is 0 Å². The van der Waals surface area contributed by atoms with Gasteiger partial charge in [-0.3, -0.25) is 0 Å². The van der Waals surface area contributed by atoms with Crippen molar-refractivity contribution in [2.45, 2.75) is 64.9 Å². The lowest BCUT2D eigenvalue weighted by atomic mass is 9.50. The lowest BCUT2D eigenvalue weighted by molar-refractivity contribution is -0.173. The van der Waals surface area contributed by atoms with Crippen molar-refractivity contribution < 1.29 is 5.11 Å². The maximum absolute atomic E-state index is 11.1. The third-order valence-electron chi connectivity index (χ3n) is 5.05. The van der Waals surface area contributed by atoms with Crippen LogP contribution in [0.5, 0.6) is 0 Å². The highest BCUT2D eigenvalue weighted by Crippen LogP contribution is 2.58. The molecule has 2 rings (SSSR count). The van der Waals surface area contributed by atoms with Gasteiger partial charge in [0.05, 0.1) is 5.60 Å². The monoisotopic (exact) mass is 225 g/mol. The quantitative estimate of drug-likeness (QED) is 0.759. The van der Waals surface area contributed by atoms with Gasteiger partial charge in [-0.15, -0.1) is 0 Å². The summed E-state index contributed by atoms with van der Waals surface area (Å²) in [6.45, 7) is 7.51. The summed E-state index contributed by atoms with van der Waals surface area (Å²) in [5, 5.41) is 11.1. The Bertz CT molecular complexity index is 264. The minimum Gasteiger partial charge on any atom is -0.389 e. The van der Waals surface area contributed by atoms with Crippen molar-refractivity contribution >= 4 is 0 Å². The van der Waals surface area contributed by atoms with E-state index in [0.717, 1.165) is 25.7 Å². The molecule has 0 saturated heterocycles. The average molecular weight is 225 g/mol. The van der Waals surface area contributed by atoms with Crippen LogP contribution >= 0.6 is 0 Å². The molecule has 0 spiro atoms. The Morgan fingerprint density at radius 3 is 2.25 bits per heavy atom. The summed E-state index contributed by atoms with van der Waals surface area (Å²) in [5.41, 5.74) is 5.77. The fourth-order valence-electron chi connectivity index (χ4n) is 4.39. The summed E-state index contributed by atoms with van der Waals surface area (Å²) in [6, 6.07) is 0. The Hall–Kier alpha value is -0.0800. The van der Waals surface area contributed by atoms with Gasteiger partial charge >= 0.3 is 0 Å². The summed E-state index contributed by atoms with van der Waals surface area (Å²) in [6.07, 6.45) is 6.62. The zero-order chi connectivity index (χ0) is 12.0. The van der Waals surface area contributed by atoms with Crippen LogP contribution in [0.15, 0.2) is 0 Å². The molecule has 2 heteroatoms. The van der Waals surface area contributed by atoms with Crippen LogP contribution in [-0.4, -0.2) is 17.3 Å². The smallest absolute Gasteiger partial charge is 0.0723 e. The molecule has 0 bridgehead atoms. The molecule has 94 valence electrons. The van der Waals surface area contributed by atoms with Gasteiger partial charge in [0.1, 0.15) is 0 Å². The van der Waals surface area contributed by atoms with Gasteiger partial charge in [0.15, 0.2) is 0 Å². The molecule has 0 aromatic rings. The van der Waals surface area contributed by atoms with E-state index in [-0.39, 0.29) is 10.8 Å². The van der Waals surface area contributed by atoms with Gasteiger partial charge in [-0.25, -0.2) is 0 Å². The number of hydrogen-bond acceptors (Lipinski definition) is 2. The molecule has 3 N–H and O–H groups in total. The molecule has 2 nitrogen and oxygen atoms in total. The third-order valence-corrected chi connectivity index (χ3v) is 5.05. The van der Waals surface area contributed by atoms with E-state index in [4.69, 9.17) is 5.73 Å². The SMILES string of the molecule is CC1CC(C)(C)CC(O)(C2(CN)CCC2)C1. The molecule has 0 aromatic heterocycles. The van der Waals surface area contributed by atoms with Crippen LogP contribution in [0.4, 0.5) is 0 Å². The number of nitrogens with two attached hydrogens (primary N) is 1. The first-order valence-corrected chi connectivity index (χ1v) is 6.75. The molecular weight excluding hydrogens is 198 g/mol. The summed E-state index contributed by atoms with van der Waals surface area (Å²) in [5.74, 6) is 0.623. The topological polar surface area (TPSA) is 46.2 Å². The van der Waals surface area contributed by atoms with Gasteiger partial charge in [-0.2, -0.15) is 0 Å². The number of aliphatic hydroxyl groups is 1. The highest BCUT2D eigenvalue weighted by Gasteiger charge is 2.56. The fraction of sp³-hybridized carbons (Fsp3) is 1.00. The lowest BCUT2D eigenvalue weighted by Crippen LogP contribution is -2.60. The molecule has 2 saturated carbocycles. The van der Waals surface area contributed by atoms with Gasteiger partial charge in [-0.1, -0.05) is 27.2 Å². The molecule has 2 unspecified atom stereocenters. The second-order valence-electron chi connectivity index (χ2n) is 7.22. The summed E-state index contributed by atoms with van der Waals surface area (Å²) < 4.78 is 0. The van der Waals surface area contributed by atoms with Crippen molar-refractivity contribution in [3.63, 3.8) is 0 Å². The van der Waals surface area contributed by atoms with Crippen LogP contribution < -0.4 is 5.73 Å². The largest absolute Gasteiger partial charge is 0.389 e. The lowest BCUT2D eigenvalue weighted by Gasteiger charge is -2.58. The Morgan fingerprint density at radius 1 is 1.25 bits per heavy atom. The van der Waals surface area contributed by atoms with Crippen molar-refractivity contribution in [3.8, 4) is 0 Å². The van der Waals surface area contributed by atoms with Crippen molar-refractivity contribution in [1.29, 1.82) is 0 Å². The molecule has 0 amide bonds. The van der Waals surface area contributed by atoms with E-state index in [9.17, 15) is 5.11 Å². The molecule has 0 radical (unpaired) electrons. The van der Waals surface area contributed by atoms with Crippen LogP contribution in [0.3, 0.4) is 0 Å². The molecule has 0 aliphatic heterocycles. The first-order chi connectivity index (χ1) is 7.33. The molecule has 0 heterocycles. The van der Waals surface area contributed by atoms with E-state index in [2.05, 4.69) is 20.8 Å². The second-order valence-corrected chi connectivity index (χ2v) is 7.22. The number of rotatable bonds is 2. The summed E-state index contributed by atoms with van der Waals surface area (Å²) in [4.78, 5) is 0. The van der Waals surface area contributed by atoms with Crippen LogP contribution in [0.25, 0.3) is 0 Å². The number of hydrogen-bond donors (Lipinski definition) is 2. The van der Waals surface area contributed by atoms with E-state index < -0.39 is 5.60 Å². The third kappa shape index (κ3) is 1.80. The molecule has 2 aliphatic rings. The first-order valence-electron chi connectivity index (χ1n) is 6.75. The van der Waals surface area contributed by atoms with Crippen LogP contribution in [-0.2, 0) is 0 Å². The molecule has 2 fully saturated rings. The van der Waals surface area contributed by atoms with Crippen molar-refractivity contribution in [2.75, 3.05) is 6.54 Å². The van der Waals surface area contributed by atoms with Gasteiger partial charge in [0.25, 0.3) is 0 Å². The van der Waals surface area contributed by atoms with Gasteiger partial charge in [0.2, 0.25) is 0 Å². The van der Waals surface area contributed by atoms with E-state index in [1.807, 2.05) is 0 Å². The van der Waals surface area contributed by atoms with Gasteiger partial charge < -0.3 is 10.8 Å². The minimum atomic E-state index is -0.499. The average Bonchev–Trinajstić information content (AvgIpc) is 1.95. The van der Waals surface area contributed by atoms with Crippen LogP contribution in [0.1, 0.15) is 59.3 Å². The van der Waals surface area contributed by atoms with Gasteiger partial charge in [-0.05, 0) is 43.4 Å². The normalized spacial score (nSPS) is 41.4. The highest BCUT2D eigenvalue weighted by molar-refractivity contribution is 5.08. The molecule has 0 aromatic carbocycles. The molecule has 16 heavy (non-hydrogen) atoms. The zero-order valence-electron chi connectivity index (χ0n) is 11.1. The highest BCUT2D eigenvalue weighted by atomic mass is 16.3. The molecule has 2 aliphatic carbocycles. The first kappa shape index (κ1) is 12.4. The van der Waals surface area contributed by atoms with E-state index in [1.165, 1.54) is 12.8 Å². The zero-order valence-corrected chi connectivity index (χ0v) is 11.1. The van der Waals surface area contributed by atoms with Crippen LogP contribution in [0, 0.1) is 16.7 Å². The minimum absolute atomic E-state index is 0.0406. The Kier molecular flexibility index (Phi) is 2.87. The molecular formula is C14H27NO. The van der Waals surface area contributed by atoms with Crippen molar-refractivity contribution in [2.24, 2.45) is 22.5 Å². The predicted octanol–water partition coefficient (Wildman–Crippen LogP) is 2.69. The fourth-order valence-corrected chi connectivity index (χ4v) is 4.39. The maximum Gasteiger partial charge on any atom is 0.0723 e. The summed E-state index contributed by atoms with van der Waals surface area (Å²) in [7, 11) is 0. The van der Waals surface area contributed by atoms with E-state index >= 15 is 0 Å². The van der Waals surface area contributed by atoms with E-state index in [1.54, 1.807) is 0 Å². The maximum atomic E-state index is 11.1. The van der Waals surface area contributed by atoms with E-state index in [0.29, 0.717) is 12.5 Å². The Morgan fingerprint density at radius 2 is 1.88 bits per heavy atom. The Labute approximate surface area is 99.6 Å². The van der Waals surface area contributed by atoms with Crippen molar-refractivity contribution in [1.82, 2.24) is 0 Å².